The van der Waals surface area contributed by atoms with Gasteiger partial charge >= 0.3 is 0 Å². The van der Waals surface area contributed by atoms with Crippen molar-refractivity contribution in [1.29, 1.82) is 0 Å². The van der Waals surface area contributed by atoms with Gasteiger partial charge < -0.3 is 0 Å². The van der Waals surface area contributed by atoms with Crippen LogP contribution in [-0.2, 0) is 5.41 Å². The molecule has 0 aliphatic rings. The Kier molecular flexibility index (Phi) is 2.41. The third-order valence-corrected chi connectivity index (χ3v) is 2.62. The molecule has 1 aromatic heterocycles. The lowest BCUT2D eigenvalue weighted by atomic mass is 9.85. The van der Waals surface area contributed by atoms with E-state index in [-0.39, 0.29) is 5.41 Å². The number of fused-ring (bicyclic) bond motifs is 1. The van der Waals surface area contributed by atoms with E-state index in [0.717, 1.165) is 11.6 Å². The van der Waals surface area contributed by atoms with Crippen molar-refractivity contribution in [2.24, 2.45) is 0 Å². The van der Waals surface area contributed by atoms with E-state index in [1.807, 2.05) is 20.8 Å². The van der Waals surface area contributed by atoms with Crippen molar-refractivity contribution in [2.45, 2.75) is 26.2 Å². The van der Waals surface area contributed by atoms with Crippen LogP contribution < -0.4 is 0 Å². The maximum Gasteiger partial charge on any atom is 0.167 e. The Balaban J connectivity index is 2.91. The molecule has 0 saturated carbocycles. The Hall–Kier alpha value is -1.51. The highest BCUT2D eigenvalue weighted by Crippen LogP contribution is 2.31. The third-order valence-electron chi connectivity index (χ3n) is 2.62. The highest BCUT2D eigenvalue weighted by molar-refractivity contribution is 5.86. The molecule has 3 heteroatoms. The minimum Gasteiger partial charge on any atom is -0.264 e. The van der Waals surface area contributed by atoms with Crippen LogP contribution in [0.1, 0.15) is 26.3 Å². The summed E-state index contributed by atoms with van der Waals surface area (Å²) in [5.41, 5.74) is 0.461. The fraction of sp³-hybridized carbons (Fsp3) is 0.308. The lowest BCUT2D eigenvalue weighted by Crippen LogP contribution is -2.13. The normalized spacial score (nSPS) is 12.1. The SMILES string of the molecule is CC(C)(C)c1cncc2ccc(F)c(F)c12. The zero-order valence-corrected chi connectivity index (χ0v) is 9.51. The van der Waals surface area contributed by atoms with Gasteiger partial charge in [0.05, 0.1) is 0 Å². The van der Waals surface area contributed by atoms with Crippen LogP contribution in [0.2, 0.25) is 0 Å². The Labute approximate surface area is 93.1 Å². The van der Waals surface area contributed by atoms with Gasteiger partial charge in [-0.1, -0.05) is 20.8 Å². The molecule has 0 atom stereocenters. The topological polar surface area (TPSA) is 12.9 Å². The van der Waals surface area contributed by atoms with Crippen LogP contribution in [0.5, 0.6) is 0 Å². The molecular formula is C13H13F2N. The number of nitrogens with zero attached hydrogens (tertiary/aromatic N) is 1. The number of benzene rings is 1. The van der Waals surface area contributed by atoms with Gasteiger partial charge in [-0.05, 0) is 23.1 Å². The number of aromatic nitrogens is 1. The monoisotopic (exact) mass is 221 g/mol. The van der Waals surface area contributed by atoms with Crippen molar-refractivity contribution in [3.8, 4) is 0 Å². The standard InChI is InChI=1S/C13H13F2N/c1-13(2,3)9-7-16-6-8-4-5-10(14)12(15)11(8)9/h4-7H,1-3H3. The first-order valence-corrected chi connectivity index (χ1v) is 5.13. The molecule has 0 N–H and O–H groups in total. The largest absolute Gasteiger partial charge is 0.264 e. The first-order chi connectivity index (χ1) is 7.41. The molecule has 0 bridgehead atoms. The summed E-state index contributed by atoms with van der Waals surface area (Å²) in [4.78, 5) is 4.06. The van der Waals surface area contributed by atoms with Gasteiger partial charge in [-0.15, -0.1) is 0 Å². The highest BCUT2D eigenvalue weighted by Gasteiger charge is 2.20. The van der Waals surface area contributed by atoms with E-state index in [0.29, 0.717) is 10.8 Å². The van der Waals surface area contributed by atoms with Crippen molar-refractivity contribution in [3.05, 3.63) is 41.7 Å². The predicted octanol–water partition coefficient (Wildman–Crippen LogP) is 3.81. The summed E-state index contributed by atoms with van der Waals surface area (Å²) in [6, 6.07) is 2.68. The number of rotatable bonds is 0. The molecule has 0 fully saturated rings. The van der Waals surface area contributed by atoms with Gasteiger partial charge in [-0.3, -0.25) is 4.98 Å². The Bertz CT molecular complexity index is 541. The molecule has 0 unspecified atom stereocenters. The molecule has 2 rings (SSSR count). The zero-order valence-electron chi connectivity index (χ0n) is 9.51. The molecule has 0 aliphatic carbocycles. The Morgan fingerprint density at radius 1 is 1.06 bits per heavy atom. The number of halogens is 2. The van der Waals surface area contributed by atoms with Crippen LogP contribution in [0.4, 0.5) is 8.78 Å². The minimum absolute atomic E-state index is 0.263. The molecule has 16 heavy (non-hydrogen) atoms. The van der Waals surface area contributed by atoms with E-state index in [1.54, 1.807) is 18.5 Å². The van der Waals surface area contributed by atoms with Crippen LogP contribution in [0.15, 0.2) is 24.5 Å². The summed E-state index contributed by atoms with van der Waals surface area (Å²) < 4.78 is 27.0. The molecule has 0 saturated heterocycles. The zero-order chi connectivity index (χ0) is 11.9. The smallest absolute Gasteiger partial charge is 0.167 e. The van der Waals surface area contributed by atoms with E-state index in [4.69, 9.17) is 0 Å². The van der Waals surface area contributed by atoms with E-state index < -0.39 is 11.6 Å². The van der Waals surface area contributed by atoms with Gasteiger partial charge in [-0.25, -0.2) is 8.78 Å². The van der Waals surface area contributed by atoms with Gasteiger partial charge in [-0.2, -0.15) is 0 Å². The van der Waals surface area contributed by atoms with Crippen LogP contribution in [0.3, 0.4) is 0 Å². The maximum atomic E-state index is 13.8. The Morgan fingerprint density at radius 3 is 2.38 bits per heavy atom. The lowest BCUT2D eigenvalue weighted by molar-refractivity contribution is 0.513. The first kappa shape index (κ1) is 11.0. The number of hydrogen-bond acceptors (Lipinski definition) is 1. The van der Waals surface area contributed by atoms with Crippen LogP contribution in [0, 0.1) is 11.6 Å². The van der Waals surface area contributed by atoms with Crippen molar-refractivity contribution in [1.82, 2.24) is 4.98 Å². The molecule has 0 aliphatic heterocycles. The average molecular weight is 221 g/mol. The van der Waals surface area contributed by atoms with Crippen molar-refractivity contribution in [2.75, 3.05) is 0 Å². The van der Waals surface area contributed by atoms with Crippen molar-refractivity contribution < 1.29 is 8.78 Å². The van der Waals surface area contributed by atoms with E-state index in [1.165, 1.54) is 0 Å². The Morgan fingerprint density at radius 2 is 1.75 bits per heavy atom. The van der Waals surface area contributed by atoms with Gasteiger partial charge in [0.1, 0.15) is 0 Å². The van der Waals surface area contributed by atoms with E-state index >= 15 is 0 Å². The minimum atomic E-state index is -0.816. The number of pyridine rings is 1. The van der Waals surface area contributed by atoms with Gasteiger partial charge in [0.15, 0.2) is 11.6 Å². The summed E-state index contributed by atoms with van der Waals surface area (Å²) in [6.07, 6.45) is 3.15. The van der Waals surface area contributed by atoms with Crippen molar-refractivity contribution in [3.63, 3.8) is 0 Å². The molecule has 1 heterocycles. The summed E-state index contributed by atoms with van der Waals surface area (Å²) in [5.74, 6) is -1.60. The summed E-state index contributed by atoms with van der Waals surface area (Å²) >= 11 is 0. The fourth-order valence-corrected chi connectivity index (χ4v) is 1.77. The highest BCUT2D eigenvalue weighted by atomic mass is 19.2. The van der Waals surface area contributed by atoms with Crippen molar-refractivity contribution >= 4 is 10.8 Å². The van der Waals surface area contributed by atoms with Crippen LogP contribution >= 0.6 is 0 Å². The summed E-state index contributed by atoms with van der Waals surface area (Å²) in [7, 11) is 0. The molecule has 84 valence electrons. The lowest BCUT2D eigenvalue weighted by Gasteiger charge is -2.20. The molecule has 0 radical (unpaired) electrons. The second-order valence-corrected chi connectivity index (χ2v) is 4.90. The molecule has 2 aromatic rings. The summed E-state index contributed by atoms with van der Waals surface area (Å²) in [6.45, 7) is 5.86. The third kappa shape index (κ3) is 1.66. The average Bonchev–Trinajstić information content (AvgIpc) is 2.21. The quantitative estimate of drug-likeness (QED) is 0.659. The molecule has 0 spiro atoms. The number of hydrogen-bond donors (Lipinski definition) is 0. The van der Waals surface area contributed by atoms with Gasteiger partial charge in [0, 0.05) is 23.2 Å². The van der Waals surface area contributed by atoms with Gasteiger partial charge in [0.2, 0.25) is 0 Å². The molecule has 1 nitrogen and oxygen atoms in total. The van der Waals surface area contributed by atoms with Gasteiger partial charge in [0.25, 0.3) is 0 Å². The fourth-order valence-electron chi connectivity index (χ4n) is 1.77. The molecular weight excluding hydrogens is 208 g/mol. The van der Waals surface area contributed by atoms with E-state index in [2.05, 4.69) is 4.98 Å². The molecule has 0 amide bonds. The summed E-state index contributed by atoms with van der Waals surface area (Å²) in [5, 5.41) is 0.967. The van der Waals surface area contributed by atoms with E-state index in [9.17, 15) is 8.78 Å². The van der Waals surface area contributed by atoms with Crippen LogP contribution in [-0.4, -0.2) is 4.98 Å². The second kappa shape index (κ2) is 3.51. The second-order valence-electron chi connectivity index (χ2n) is 4.90. The maximum absolute atomic E-state index is 13.8. The first-order valence-electron chi connectivity index (χ1n) is 5.13. The molecule has 1 aromatic carbocycles. The predicted molar refractivity (Wildman–Crippen MR) is 60.4 cm³/mol. The van der Waals surface area contributed by atoms with Crippen LogP contribution in [0.25, 0.3) is 10.8 Å².